The second-order valence-corrected chi connectivity index (χ2v) is 10.1. The number of fused-ring (bicyclic) bond motifs is 3. The molecule has 3 amide bonds. The summed E-state index contributed by atoms with van der Waals surface area (Å²) >= 11 is 0. The summed E-state index contributed by atoms with van der Waals surface area (Å²) in [4.78, 5) is 42.6. The zero-order chi connectivity index (χ0) is 24.1. The fourth-order valence-electron chi connectivity index (χ4n) is 5.09. The number of hydrogen-bond donors (Lipinski definition) is 1. The minimum atomic E-state index is -0.0196. The van der Waals surface area contributed by atoms with E-state index in [9.17, 15) is 14.4 Å². The van der Waals surface area contributed by atoms with Crippen LogP contribution >= 0.6 is 0 Å². The number of ether oxygens (including phenoxy) is 1. The first-order chi connectivity index (χ1) is 16.4. The maximum atomic E-state index is 13.4. The highest BCUT2D eigenvalue weighted by molar-refractivity contribution is 5.86. The van der Waals surface area contributed by atoms with Gasteiger partial charge in [0.05, 0.1) is 0 Å². The lowest BCUT2D eigenvalue weighted by molar-refractivity contribution is -0.146. The lowest BCUT2D eigenvalue weighted by Gasteiger charge is -2.39. The van der Waals surface area contributed by atoms with Crippen molar-refractivity contribution in [2.75, 3.05) is 26.2 Å². The molecule has 0 unspecified atom stereocenters. The van der Waals surface area contributed by atoms with Crippen LogP contribution in [0.25, 0.3) is 0 Å². The molecule has 0 radical (unpaired) electrons. The van der Waals surface area contributed by atoms with E-state index >= 15 is 0 Å². The van der Waals surface area contributed by atoms with Gasteiger partial charge in [-0.1, -0.05) is 36.8 Å². The Bertz CT molecular complexity index is 924. The molecule has 0 spiro atoms. The molecular weight excluding hydrogens is 430 g/mol. The van der Waals surface area contributed by atoms with E-state index in [1.165, 1.54) is 0 Å². The van der Waals surface area contributed by atoms with Crippen LogP contribution in [0.3, 0.4) is 0 Å². The van der Waals surface area contributed by atoms with Crippen molar-refractivity contribution in [3.8, 4) is 5.75 Å². The number of piperidine rings is 1. The molecule has 1 saturated heterocycles. The number of nitrogens with zero attached hydrogens (tertiary/aromatic N) is 2. The lowest BCUT2D eigenvalue weighted by atomic mass is 9.82. The Balaban J connectivity index is 1.55. The van der Waals surface area contributed by atoms with Gasteiger partial charge in [-0.2, -0.15) is 0 Å². The Morgan fingerprint density at radius 3 is 2.68 bits per heavy atom. The van der Waals surface area contributed by atoms with Gasteiger partial charge >= 0.3 is 0 Å². The van der Waals surface area contributed by atoms with Crippen LogP contribution < -0.4 is 10.1 Å². The molecule has 1 aromatic rings. The van der Waals surface area contributed by atoms with E-state index in [4.69, 9.17) is 4.74 Å². The molecule has 184 valence electrons. The number of hydrogen-bond acceptors (Lipinski definition) is 4. The number of para-hydroxylation sites is 1. The van der Waals surface area contributed by atoms with E-state index in [-0.39, 0.29) is 48.1 Å². The number of nitrogens with one attached hydrogen (secondary N) is 1. The summed E-state index contributed by atoms with van der Waals surface area (Å²) in [7, 11) is 0. The van der Waals surface area contributed by atoms with Crippen molar-refractivity contribution in [1.82, 2.24) is 15.1 Å². The van der Waals surface area contributed by atoms with Gasteiger partial charge in [0.25, 0.3) is 0 Å². The predicted octanol–water partition coefficient (Wildman–Crippen LogP) is 3.14. The largest absolute Gasteiger partial charge is 0.489 e. The van der Waals surface area contributed by atoms with E-state index in [0.29, 0.717) is 32.7 Å². The van der Waals surface area contributed by atoms with E-state index in [1.54, 1.807) is 4.90 Å². The van der Waals surface area contributed by atoms with Gasteiger partial charge in [-0.25, -0.2) is 0 Å². The highest BCUT2D eigenvalue weighted by Crippen LogP contribution is 2.31. The smallest absolute Gasteiger partial charge is 0.242 e. The Hall–Kier alpha value is -2.83. The van der Waals surface area contributed by atoms with Gasteiger partial charge in [0, 0.05) is 43.6 Å². The van der Waals surface area contributed by atoms with Crippen molar-refractivity contribution in [3.05, 3.63) is 42.0 Å². The molecule has 2 aliphatic heterocycles. The molecule has 7 nitrogen and oxygen atoms in total. The summed E-state index contributed by atoms with van der Waals surface area (Å²) in [5.74, 6) is 1.11. The number of amides is 3. The molecule has 34 heavy (non-hydrogen) atoms. The SMILES string of the molecule is CC(C)NC(=O)C[C@@H]1CCN2C[C@@H]1C=CCOc1ccccc1CN(C(=O)C1CCC1)CC2=O. The minimum Gasteiger partial charge on any atom is -0.489 e. The molecule has 2 atom stereocenters. The van der Waals surface area contributed by atoms with Crippen LogP contribution in [-0.4, -0.2) is 59.8 Å². The molecule has 1 saturated carbocycles. The van der Waals surface area contributed by atoms with Gasteiger partial charge in [0.1, 0.15) is 18.9 Å². The number of rotatable bonds is 4. The van der Waals surface area contributed by atoms with E-state index in [2.05, 4.69) is 11.4 Å². The Labute approximate surface area is 202 Å². The Kier molecular flexibility index (Phi) is 7.91. The monoisotopic (exact) mass is 467 g/mol. The van der Waals surface area contributed by atoms with E-state index in [1.807, 2.05) is 49.1 Å². The highest BCUT2D eigenvalue weighted by atomic mass is 16.5. The van der Waals surface area contributed by atoms with Crippen molar-refractivity contribution >= 4 is 17.7 Å². The number of benzene rings is 1. The molecule has 1 aromatic carbocycles. The summed E-state index contributed by atoms with van der Waals surface area (Å²) in [6, 6.07) is 7.85. The molecule has 1 aliphatic carbocycles. The summed E-state index contributed by atoms with van der Waals surface area (Å²) in [5, 5.41) is 2.99. The first-order valence-corrected chi connectivity index (χ1v) is 12.6. The minimum absolute atomic E-state index is 0.0196. The quantitative estimate of drug-likeness (QED) is 0.690. The molecular formula is C27H37N3O4. The van der Waals surface area contributed by atoms with Crippen LogP contribution in [0.5, 0.6) is 5.75 Å². The van der Waals surface area contributed by atoms with E-state index < -0.39 is 0 Å². The molecule has 2 fully saturated rings. The van der Waals surface area contributed by atoms with Crippen LogP contribution in [0.15, 0.2) is 36.4 Å². The maximum Gasteiger partial charge on any atom is 0.242 e. The van der Waals surface area contributed by atoms with Crippen LogP contribution in [0.2, 0.25) is 0 Å². The summed E-state index contributed by atoms with van der Waals surface area (Å²) in [5.41, 5.74) is 0.914. The lowest BCUT2D eigenvalue weighted by Crippen LogP contribution is -2.50. The molecule has 4 rings (SSSR count). The summed E-state index contributed by atoms with van der Waals surface area (Å²) < 4.78 is 6.06. The molecule has 1 N–H and O–H groups in total. The van der Waals surface area contributed by atoms with Gasteiger partial charge in [-0.15, -0.1) is 0 Å². The van der Waals surface area contributed by atoms with Crippen molar-refractivity contribution in [3.63, 3.8) is 0 Å². The second kappa shape index (κ2) is 11.1. The fraction of sp³-hybridized carbons (Fsp3) is 0.593. The van der Waals surface area contributed by atoms with Gasteiger partial charge in [0.2, 0.25) is 17.7 Å². The molecule has 2 heterocycles. The first kappa shape index (κ1) is 24.3. The average molecular weight is 468 g/mol. The summed E-state index contributed by atoms with van der Waals surface area (Å²) in [6.07, 6.45) is 8.19. The standard InChI is InChI=1S/C27H37N3O4/c1-19(2)28-25(31)15-21-12-13-29-16-22(21)10-6-14-34-24-11-4-3-7-23(24)17-30(18-26(29)32)27(33)20-8-5-9-20/h3-4,6-7,10-11,19-22H,5,8-9,12-18H2,1-2H3,(H,28,31)/t21-,22-/m0/s1. The maximum absolute atomic E-state index is 13.4. The predicted molar refractivity (Wildman–Crippen MR) is 130 cm³/mol. The third-order valence-electron chi connectivity index (χ3n) is 7.20. The third-order valence-corrected chi connectivity index (χ3v) is 7.20. The average Bonchev–Trinajstić information content (AvgIpc) is 2.76. The van der Waals surface area contributed by atoms with Crippen molar-refractivity contribution in [2.24, 2.45) is 17.8 Å². The van der Waals surface area contributed by atoms with Crippen LogP contribution in [0.4, 0.5) is 0 Å². The van der Waals surface area contributed by atoms with Crippen LogP contribution in [0.1, 0.15) is 51.5 Å². The third kappa shape index (κ3) is 5.99. The van der Waals surface area contributed by atoms with Gasteiger partial charge in [-0.05, 0) is 51.0 Å². The molecule has 7 heteroatoms. The molecule has 0 aromatic heterocycles. The number of carbonyl (C=O) groups excluding carboxylic acids is 3. The zero-order valence-corrected chi connectivity index (χ0v) is 20.4. The molecule has 2 bridgehead atoms. The van der Waals surface area contributed by atoms with Gasteiger partial charge in [-0.3, -0.25) is 14.4 Å². The zero-order valence-electron chi connectivity index (χ0n) is 20.4. The Morgan fingerprint density at radius 2 is 1.94 bits per heavy atom. The van der Waals surface area contributed by atoms with Gasteiger partial charge < -0.3 is 19.9 Å². The Morgan fingerprint density at radius 1 is 1.15 bits per heavy atom. The van der Waals surface area contributed by atoms with Crippen LogP contribution in [0, 0.1) is 17.8 Å². The summed E-state index contributed by atoms with van der Waals surface area (Å²) in [6.45, 7) is 5.96. The second-order valence-electron chi connectivity index (χ2n) is 10.1. The van der Waals surface area contributed by atoms with Crippen LogP contribution in [-0.2, 0) is 20.9 Å². The highest BCUT2D eigenvalue weighted by Gasteiger charge is 2.35. The fourth-order valence-corrected chi connectivity index (χ4v) is 5.09. The normalized spacial score (nSPS) is 23.7. The van der Waals surface area contributed by atoms with Crippen molar-refractivity contribution in [2.45, 2.75) is 58.5 Å². The van der Waals surface area contributed by atoms with Gasteiger partial charge in [0.15, 0.2) is 0 Å². The number of carbonyl (C=O) groups is 3. The first-order valence-electron chi connectivity index (χ1n) is 12.6. The topological polar surface area (TPSA) is 79.0 Å². The van der Waals surface area contributed by atoms with Crippen molar-refractivity contribution < 1.29 is 19.1 Å². The van der Waals surface area contributed by atoms with Crippen molar-refractivity contribution in [1.29, 1.82) is 0 Å². The van der Waals surface area contributed by atoms with E-state index in [0.717, 1.165) is 37.0 Å². The molecule has 3 aliphatic rings.